The molecule has 1 amide bonds. The van der Waals surface area contributed by atoms with Gasteiger partial charge in [-0.2, -0.15) is 0 Å². The molecule has 1 aliphatic heterocycles. The van der Waals surface area contributed by atoms with E-state index in [1.807, 2.05) is 37.3 Å². The third kappa shape index (κ3) is 6.44. The minimum atomic E-state index is -0.0531. The molecule has 29 heavy (non-hydrogen) atoms. The van der Waals surface area contributed by atoms with E-state index < -0.39 is 0 Å². The Labute approximate surface area is 177 Å². The zero-order chi connectivity index (χ0) is 20.6. The fraction of sp³-hybridized carbons (Fsp3) is 0.500. The van der Waals surface area contributed by atoms with Crippen LogP contribution in [-0.2, 0) is 10.5 Å². The predicted octanol–water partition coefficient (Wildman–Crippen LogP) is 3.83. The number of nitrogens with zero attached hydrogens (tertiary/aromatic N) is 3. The Balaban J connectivity index is 1.59. The second kappa shape index (κ2) is 10.6. The van der Waals surface area contributed by atoms with Crippen LogP contribution in [0.25, 0.3) is 0 Å². The standard InChI is InChI=1S/C22H30N4O2S/c1-4-10-26(3)20-12-16(2)24-22(25-20)29-15-17-7-5-8-18(13-17)21(27)23-14-19-9-6-11-28-19/h5,7-8,12-13,19H,4,6,9-11,14-15H2,1-3H3,(H,23,27)/t19-/m1/s1. The largest absolute Gasteiger partial charge is 0.376 e. The van der Waals surface area contributed by atoms with Gasteiger partial charge in [0.2, 0.25) is 0 Å². The second-order valence-corrected chi connectivity index (χ2v) is 8.35. The van der Waals surface area contributed by atoms with Crippen LogP contribution in [0.1, 0.15) is 47.8 Å². The summed E-state index contributed by atoms with van der Waals surface area (Å²) in [5, 5.41) is 3.74. The lowest BCUT2D eigenvalue weighted by atomic mass is 10.1. The number of rotatable bonds is 9. The lowest BCUT2D eigenvalue weighted by Crippen LogP contribution is -2.31. The number of aryl methyl sites for hydroxylation is 1. The third-order valence-corrected chi connectivity index (χ3v) is 5.76. The molecule has 1 aliphatic rings. The van der Waals surface area contributed by atoms with Gasteiger partial charge in [0.25, 0.3) is 5.91 Å². The minimum absolute atomic E-state index is 0.0531. The second-order valence-electron chi connectivity index (χ2n) is 7.41. The van der Waals surface area contributed by atoms with Gasteiger partial charge in [-0.05, 0) is 43.9 Å². The van der Waals surface area contributed by atoms with Crippen LogP contribution < -0.4 is 10.2 Å². The summed E-state index contributed by atoms with van der Waals surface area (Å²) >= 11 is 1.59. The molecular weight excluding hydrogens is 384 g/mol. The summed E-state index contributed by atoms with van der Waals surface area (Å²) < 4.78 is 5.57. The van der Waals surface area contributed by atoms with Gasteiger partial charge in [0.1, 0.15) is 5.82 Å². The van der Waals surface area contributed by atoms with Gasteiger partial charge in [-0.15, -0.1) is 0 Å². The van der Waals surface area contributed by atoms with Crippen LogP contribution in [0.5, 0.6) is 0 Å². The van der Waals surface area contributed by atoms with Crippen LogP contribution in [0.15, 0.2) is 35.5 Å². The molecule has 0 unspecified atom stereocenters. The molecule has 1 atom stereocenters. The van der Waals surface area contributed by atoms with Crippen LogP contribution in [0.4, 0.5) is 5.82 Å². The average Bonchev–Trinajstić information content (AvgIpc) is 3.24. The molecule has 0 spiro atoms. The maximum absolute atomic E-state index is 12.4. The molecule has 0 aliphatic carbocycles. The quantitative estimate of drug-likeness (QED) is 0.497. The lowest BCUT2D eigenvalue weighted by molar-refractivity contribution is 0.0857. The van der Waals surface area contributed by atoms with Gasteiger partial charge in [0.05, 0.1) is 6.10 Å². The van der Waals surface area contributed by atoms with E-state index in [1.165, 1.54) is 0 Å². The van der Waals surface area contributed by atoms with Crippen LogP contribution in [-0.4, -0.2) is 48.7 Å². The molecule has 7 heteroatoms. The van der Waals surface area contributed by atoms with Crippen LogP contribution in [0.2, 0.25) is 0 Å². The molecule has 1 aromatic heterocycles. The molecule has 2 aromatic rings. The number of hydrogen-bond donors (Lipinski definition) is 1. The first-order valence-electron chi connectivity index (χ1n) is 10.2. The smallest absolute Gasteiger partial charge is 0.251 e. The Morgan fingerprint density at radius 2 is 2.21 bits per heavy atom. The highest BCUT2D eigenvalue weighted by molar-refractivity contribution is 7.98. The number of amides is 1. The number of thioether (sulfide) groups is 1. The number of carbonyl (C=O) groups excluding carboxylic acids is 1. The molecule has 1 saturated heterocycles. The number of benzene rings is 1. The normalized spacial score (nSPS) is 16.0. The summed E-state index contributed by atoms with van der Waals surface area (Å²) in [6.07, 6.45) is 3.31. The van der Waals surface area contributed by atoms with Crippen molar-refractivity contribution in [3.8, 4) is 0 Å². The van der Waals surface area contributed by atoms with E-state index in [0.29, 0.717) is 17.9 Å². The third-order valence-electron chi connectivity index (χ3n) is 4.84. The SMILES string of the molecule is CCCN(C)c1cc(C)nc(SCc2cccc(C(=O)NC[C@H]3CCCO3)c2)n1. The van der Waals surface area contributed by atoms with E-state index in [-0.39, 0.29) is 12.0 Å². The lowest BCUT2D eigenvalue weighted by Gasteiger charge is -2.18. The van der Waals surface area contributed by atoms with E-state index in [1.54, 1.807) is 11.8 Å². The highest BCUT2D eigenvalue weighted by Crippen LogP contribution is 2.23. The topological polar surface area (TPSA) is 67.4 Å². The molecule has 0 bridgehead atoms. The predicted molar refractivity (Wildman–Crippen MR) is 118 cm³/mol. The zero-order valence-corrected chi connectivity index (χ0v) is 18.3. The number of anilines is 1. The van der Waals surface area contributed by atoms with Crippen molar-refractivity contribution in [2.75, 3.05) is 31.6 Å². The minimum Gasteiger partial charge on any atom is -0.376 e. The van der Waals surface area contributed by atoms with Crippen LogP contribution in [0.3, 0.4) is 0 Å². The van der Waals surface area contributed by atoms with Gasteiger partial charge in [0, 0.05) is 49.8 Å². The first-order chi connectivity index (χ1) is 14.0. The molecular formula is C22H30N4O2S. The maximum atomic E-state index is 12.4. The molecule has 156 valence electrons. The van der Waals surface area contributed by atoms with Crippen molar-refractivity contribution in [3.63, 3.8) is 0 Å². The van der Waals surface area contributed by atoms with E-state index in [9.17, 15) is 4.79 Å². The van der Waals surface area contributed by atoms with Crippen molar-refractivity contribution < 1.29 is 9.53 Å². The van der Waals surface area contributed by atoms with Crippen molar-refractivity contribution in [2.24, 2.45) is 0 Å². The summed E-state index contributed by atoms with van der Waals surface area (Å²) in [5.41, 5.74) is 2.71. The van der Waals surface area contributed by atoms with Gasteiger partial charge in [-0.25, -0.2) is 9.97 Å². The summed E-state index contributed by atoms with van der Waals surface area (Å²) in [4.78, 5) is 23.8. The molecule has 1 fully saturated rings. The van der Waals surface area contributed by atoms with Gasteiger partial charge in [-0.3, -0.25) is 4.79 Å². The highest BCUT2D eigenvalue weighted by Gasteiger charge is 2.17. The number of carbonyl (C=O) groups is 1. The fourth-order valence-corrected chi connectivity index (χ4v) is 4.14. The first kappa shape index (κ1) is 21.6. The van der Waals surface area contributed by atoms with Gasteiger partial charge in [0.15, 0.2) is 5.16 Å². The Morgan fingerprint density at radius 3 is 2.97 bits per heavy atom. The van der Waals surface area contributed by atoms with E-state index in [2.05, 4.69) is 34.2 Å². The molecule has 0 saturated carbocycles. The number of ether oxygens (including phenoxy) is 1. The van der Waals surface area contributed by atoms with Crippen molar-refractivity contribution in [3.05, 3.63) is 47.2 Å². The van der Waals surface area contributed by atoms with E-state index >= 15 is 0 Å². The van der Waals surface area contributed by atoms with E-state index in [4.69, 9.17) is 4.74 Å². The van der Waals surface area contributed by atoms with Crippen molar-refractivity contribution in [2.45, 2.75) is 50.1 Å². The Bertz CT molecular complexity index is 824. The van der Waals surface area contributed by atoms with Crippen molar-refractivity contribution in [1.29, 1.82) is 0 Å². The maximum Gasteiger partial charge on any atom is 0.251 e. The van der Waals surface area contributed by atoms with Crippen LogP contribution >= 0.6 is 11.8 Å². The van der Waals surface area contributed by atoms with Gasteiger partial charge >= 0.3 is 0 Å². The molecule has 3 rings (SSSR count). The highest BCUT2D eigenvalue weighted by atomic mass is 32.2. The Hall–Kier alpha value is -2.12. The summed E-state index contributed by atoms with van der Waals surface area (Å²) in [5.74, 6) is 1.61. The van der Waals surface area contributed by atoms with E-state index in [0.717, 1.165) is 54.6 Å². The monoisotopic (exact) mass is 414 g/mol. The Morgan fingerprint density at radius 1 is 1.34 bits per heavy atom. The molecule has 6 nitrogen and oxygen atoms in total. The van der Waals surface area contributed by atoms with Crippen molar-refractivity contribution >= 4 is 23.5 Å². The zero-order valence-electron chi connectivity index (χ0n) is 17.5. The molecule has 2 heterocycles. The van der Waals surface area contributed by atoms with Gasteiger partial charge < -0.3 is 15.0 Å². The van der Waals surface area contributed by atoms with Crippen molar-refractivity contribution in [1.82, 2.24) is 15.3 Å². The summed E-state index contributed by atoms with van der Waals surface area (Å²) in [6.45, 7) is 6.48. The molecule has 1 N–H and O–H groups in total. The number of hydrogen-bond acceptors (Lipinski definition) is 6. The number of nitrogens with one attached hydrogen (secondary N) is 1. The average molecular weight is 415 g/mol. The first-order valence-corrected chi connectivity index (χ1v) is 11.2. The summed E-state index contributed by atoms with van der Waals surface area (Å²) in [7, 11) is 2.05. The molecule has 0 radical (unpaired) electrons. The van der Waals surface area contributed by atoms with Gasteiger partial charge in [-0.1, -0.05) is 30.8 Å². The Kier molecular flexibility index (Phi) is 7.89. The fourth-order valence-electron chi connectivity index (χ4n) is 3.30. The number of aromatic nitrogens is 2. The van der Waals surface area contributed by atoms with Crippen LogP contribution in [0, 0.1) is 6.92 Å². The molecule has 1 aromatic carbocycles. The summed E-state index contributed by atoms with van der Waals surface area (Å²) in [6, 6.07) is 9.76.